The van der Waals surface area contributed by atoms with E-state index < -0.39 is 85.9 Å². The number of fused-ring (bicyclic) bond motifs is 4. The van der Waals surface area contributed by atoms with Crippen molar-refractivity contribution in [1.82, 2.24) is 0 Å². The van der Waals surface area contributed by atoms with E-state index in [-0.39, 0.29) is 49.9 Å². The van der Waals surface area contributed by atoms with Crippen molar-refractivity contribution in [1.29, 1.82) is 0 Å². The fourth-order valence-corrected chi connectivity index (χ4v) is 6.81. The standard InChI is InChI=1S/C21H18O7.C12H8O6.C11H8O5/c1-9-4-13-15(24)7-12(22)8-17(13)28-21(9)11-5-10-2-3-14(23)19(26)18(10)20(27)16(25)6-11;13-7-2-1-5-3-6(12(17)18)4-8(14)11(16)9(5)10(7)15;12-6-3-1-2-5-4-7(13)10(15)11(16)8(5)9(6)14/h2-3,5-9,21-24,26H,4H2,1H3,(H,25,27);1-4,13,15H,(H,14,16)(H,17,18);1-4,13,15-16H,(H,12,14)/t9-,21+;;/m1../s1. The molecule has 1 aliphatic heterocycles. The molecule has 7 aromatic rings. The second kappa shape index (κ2) is 16.5. The second-order valence-corrected chi connectivity index (χ2v) is 14.0. The highest BCUT2D eigenvalue weighted by Gasteiger charge is 2.31. The predicted molar refractivity (Wildman–Crippen MR) is 220 cm³/mol. The van der Waals surface area contributed by atoms with Gasteiger partial charge < -0.3 is 71.1 Å². The number of ether oxygens (including phenoxy) is 1. The monoisotopic (exact) mass is 850 g/mol. The highest BCUT2D eigenvalue weighted by molar-refractivity contribution is 5.99. The number of phenolic OH excluding ortho intramolecular Hbond substituents is 9. The van der Waals surface area contributed by atoms with Gasteiger partial charge in [0.25, 0.3) is 0 Å². The van der Waals surface area contributed by atoms with Crippen LogP contribution in [0, 0.1) is 5.92 Å². The molecule has 18 nitrogen and oxygen atoms in total. The van der Waals surface area contributed by atoms with Crippen molar-refractivity contribution in [3.63, 3.8) is 0 Å². The van der Waals surface area contributed by atoms with Gasteiger partial charge in [-0.1, -0.05) is 31.2 Å². The van der Waals surface area contributed by atoms with Crippen LogP contribution in [0.25, 0.3) is 32.3 Å². The molecule has 0 unspecified atom stereocenters. The maximum absolute atomic E-state index is 12.4. The molecule has 318 valence electrons. The molecule has 8 rings (SSSR count). The Morgan fingerprint density at radius 1 is 0.516 bits per heavy atom. The third-order valence-electron chi connectivity index (χ3n) is 9.86. The lowest BCUT2D eigenvalue weighted by atomic mass is 9.88. The number of hydrogen-bond donors (Lipinski definition) is 13. The number of hydrogen-bond acceptors (Lipinski definition) is 17. The number of rotatable bonds is 2. The Bertz CT molecular complexity index is 3190. The average molecular weight is 851 g/mol. The first-order chi connectivity index (χ1) is 29.2. The van der Waals surface area contributed by atoms with Gasteiger partial charge in [0.2, 0.25) is 22.0 Å². The van der Waals surface area contributed by atoms with Crippen LogP contribution in [0.5, 0.6) is 74.7 Å². The number of aromatic carboxylic acids is 1. The molecule has 0 spiro atoms. The average Bonchev–Trinajstić information content (AvgIpc) is 3.51. The molecule has 0 saturated heterocycles. The van der Waals surface area contributed by atoms with Crippen LogP contribution in [0.15, 0.2) is 99.3 Å². The molecule has 1 heterocycles. The van der Waals surface area contributed by atoms with Gasteiger partial charge in [0.1, 0.15) is 23.4 Å². The van der Waals surface area contributed by atoms with Gasteiger partial charge in [-0.2, -0.15) is 0 Å². The molecule has 2 atom stereocenters. The van der Waals surface area contributed by atoms with Crippen LogP contribution in [0.3, 0.4) is 0 Å². The predicted octanol–water partition coefficient (Wildman–Crippen LogP) is 5.08. The molecule has 1 aliphatic rings. The van der Waals surface area contributed by atoms with E-state index in [0.717, 1.165) is 30.3 Å². The Morgan fingerprint density at radius 2 is 1.05 bits per heavy atom. The normalized spacial score (nSPS) is 14.1. The number of aromatic hydroxyl groups is 12. The van der Waals surface area contributed by atoms with Crippen molar-refractivity contribution in [2.24, 2.45) is 5.92 Å². The molecular formula is C44H34O18. The van der Waals surface area contributed by atoms with E-state index in [2.05, 4.69) is 0 Å². The van der Waals surface area contributed by atoms with Crippen LogP contribution in [-0.4, -0.2) is 72.4 Å². The van der Waals surface area contributed by atoms with Crippen molar-refractivity contribution in [2.75, 3.05) is 0 Å². The van der Waals surface area contributed by atoms with Gasteiger partial charge in [-0.25, -0.2) is 4.79 Å². The molecule has 62 heavy (non-hydrogen) atoms. The molecule has 0 aliphatic carbocycles. The lowest BCUT2D eigenvalue weighted by Crippen LogP contribution is -2.24. The fourth-order valence-electron chi connectivity index (χ4n) is 6.81. The van der Waals surface area contributed by atoms with E-state index in [1.807, 2.05) is 6.92 Å². The molecular weight excluding hydrogens is 816 g/mol. The number of carboxylic acids is 1. The SMILES string of the molecule is C[C@@H]1Cc2c(O)cc(O)cc2O[C@@H]1c1cc(=O)c(O)c2c(O)c(O)ccc2c1.O=C(O)c1cc(=O)c(O)c2c(O)c(O)ccc2c1.O=c1cccc2cc(O)c(O)c(O)c2c1O. The van der Waals surface area contributed by atoms with Crippen LogP contribution in [0.2, 0.25) is 0 Å². The summed E-state index contributed by atoms with van der Waals surface area (Å²) >= 11 is 0. The summed E-state index contributed by atoms with van der Waals surface area (Å²) in [6.07, 6.45) is -0.137. The Balaban J connectivity index is 0.000000164. The summed E-state index contributed by atoms with van der Waals surface area (Å²) in [5.74, 6) is -7.75. The van der Waals surface area contributed by atoms with Crippen molar-refractivity contribution in [3.05, 3.63) is 132 Å². The molecule has 7 aromatic carbocycles. The van der Waals surface area contributed by atoms with Gasteiger partial charge in [0, 0.05) is 29.7 Å². The molecule has 0 bridgehead atoms. The quantitative estimate of drug-likeness (QED) is 0.101. The zero-order valence-electron chi connectivity index (χ0n) is 31.8. The molecule has 13 N–H and O–H groups in total. The summed E-state index contributed by atoms with van der Waals surface area (Å²) in [6.45, 7) is 1.89. The summed E-state index contributed by atoms with van der Waals surface area (Å²) in [7, 11) is 0. The van der Waals surface area contributed by atoms with Crippen LogP contribution in [0.4, 0.5) is 0 Å². The molecule has 0 aromatic heterocycles. The van der Waals surface area contributed by atoms with Gasteiger partial charge in [-0.15, -0.1) is 0 Å². The zero-order valence-corrected chi connectivity index (χ0v) is 31.8. The van der Waals surface area contributed by atoms with E-state index in [0.29, 0.717) is 28.7 Å². The zero-order chi connectivity index (χ0) is 45.5. The van der Waals surface area contributed by atoms with Crippen LogP contribution in [0.1, 0.15) is 34.5 Å². The smallest absolute Gasteiger partial charge is 0.335 e. The van der Waals surface area contributed by atoms with Crippen LogP contribution in [-0.2, 0) is 6.42 Å². The minimum atomic E-state index is -1.34. The van der Waals surface area contributed by atoms with Crippen molar-refractivity contribution in [2.45, 2.75) is 19.4 Å². The highest BCUT2D eigenvalue weighted by atomic mass is 16.5. The molecule has 0 amide bonds. The van der Waals surface area contributed by atoms with Gasteiger partial charge in [-0.3, -0.25) is 14.4 Å². The summed E-state index contributed by atoms with van der Waals surface area (Å²) in [5, 5.41) is 125. The third kappa shape index (κ3) is 7.97. The first-order valence-corrected chi connectivity index (χ1v) is 18.0. The Morgan fingerprint density at radius 3 is 1.65 bits per heavy atom. The molecule has 0 fully saturated rings. The number of benzene rings is 4. The first kappa shape index (κ1) is 42.8. The van der Waals surface area contributed by atoms with E-state index in [9.17, 15) is 80.5 Å². The third-order valence-corrected chi connectivity index (χ3v) is 9.86. The van der Waals surface area contributed by atoms with E-state index in [1.54, 1.807) is 6.07 Å². The number of carboxylic acid groups (broad SMARTS) is 1. The van der Waals surface area contributed by atoms with Gasteiger partial charge in [0.15, 0.2) is 51.7 Å². The second-order valence-electron chi connectivity index (χ2n) is 14.0. The van der Waals surface area contributed by atoms with Crippen molar-refractivity contribution in [3.8, 4) is 74.7 Å². The largest absolute Gasteiger partial charge is 0.508 e. The summed E-state index contributed by atoms with van der Waals surface area (Å²) in [4.78, 5) is 46.1. The highest BCUT2D eigenvalue weighted by Crippen LogP contribution is 2.46. The molecule has 0 radical (unpaired) electrons. The topological polar surface area (TPSA) is 341 Å². The van der Waals surface area contributed by atoms with E-state index >= 15 is 0 Å². The van der Waals surface area contributed by atoms with Gasteiger partial charge in [0.05, 0.1) is 21.7 Å². The lowest BCUT2D eigenvalue weighted by Gasteiger charge is -2.32. The molecule has 18 heteroatoms. The van der Waals surface area contributed by atoms with E-state index in [4.69, 9.17) is 9.84 Å². The Hall–Kier alpha value is -8.80. The summed E-state index contributed by atoms with van der Waals surface area (Å²) < 4.78 is 5.98. The van der Waals surface area contributed by atoms with Crippen LogP contribution < -0.4 is 21.0 Å². The van der Waals surface area contributed by atoms with Gasteiger partial charge in [-0.05, 0) is 70.6 Å². The minimum Gasteiger partial charge on any atom is -0.508 e. The van der Waals surface area contributed by atoms with Crippen LogP contribution >= 0.6 is 0 Å². The Labute approximate surface area is 346 Å². The van der Waals surface area contributed by atoms with Crippen molar-refractivity contribution >= 4 is 38.3 Å². The minimum absolute atomic E-state index is 0.0630. The Kier molecular flexibility index (Phi) is 11.4. The fraction of sp³-hybridized carbons (Fsp3) is 0.0909. The summed E-state index contributed by atoms with van der Waals surface area (Å²) in [6, 6.07) is 17.6. The maximum Gasteiger partial charge on any atom is 0.335 e. The first-order valence-electron chi connectivity index (χ1n) is 18.0. The van der Waals surface area contributed by atoms with Crippen molar-refractivity contribution < 1.29 is 75.9 Å². The van der Waals surface area contributed by atoms with Gasteiger partial charge >= 0.3 is 5.97 Å². The number of carbonyl (C=O) groups is 1. The maximum atomic E-state index is 12.4. The van der Waals surface area contributed by atoms with E-state index in [1.165, 1.54) is 48.5 Å². The summed E-state index contributed by atoms with van der Waals surface area (Å²) in [5.41, 5.74) is -1.67. The number of phenols is 9. The lowest BCUT2D eigenvalue weighted by molar-refractivity contribution is 0.0697. The molecule has 0 saturated carbocycles.